The molecule has 0 saturated heterocycles. The van der Waals surface area contributed by atoms with Crippen molar-refractivity contribution in [3.8, 4) is 11.5 Å². The van der Waals surface area contributed by atoms with E-state index < -0.39 is 5.91 Å². The lowest BCUT2D eigenvalue weighted by molar-refractivity contribution is -0.114. The largest absolute Gasteiger partial charge is 0.490 e. The number of amidine groups is 2. The maximum Gasteiger partial charge on any atom is 0.283 e. The van der Waals surface area contributed by atoms with E-state index in [1.807, 2.05) is 50.2 Å². The molecule has 0 aliphatic carbocycles. The summed E-state index contributed by atoms with van der Waals surface area (Å²) in [6.45, 7) is 7.00. The second kappa shape index (κ2) is 10.7. The number of ether oxygens (including phenoxy) is 2. The molecule has 176 valence electrons. The Morgan fingerprint density at radius 2 is 1.79 bits per heavy atom. The molecule has 0 saturated carbocycles. The van der Waals surface area contributed by atoms with Crippen LogP contribution < -0.4 is 9.47 Å². The third kappa shape index (κ3) is 5.75. The van der Waals surface area contributed by atoms with Crippen LogP contribution in [0.1, 0.15) is 42.9 Å². The van der Waals surface area contributed by atoms with Gasteiger partial charge in [-0.1, -0.05) is 31.5 Å². The van der Waals surface area contributed by atoms with Crippen LogP contribution in [0.4, 0.5) is 0 Å². The minimum atomic E-state index is -0.427. The van der Waals surface area contributed by atoms with E-state index >= 15 is 0 Å². The Labute approximate surface area is 204 Å². The van der Waals surface area contributed by atoms with Gasteiger partial charge in [-0.15, -0.1) is 0 Å². The van der Waals surface area contributed by atoms with Crippen molar-refractivity contribution in [2.24, 2.45) is 10.1 Å². The first kappa shape index (κ1) is 23.8. The molecule has 2 aromatic carbocycles. The smallest absolute Gasteiger partial charge is 0.283 e. The molecular weight excluding hydrogens is 448 g/mol. The molecule has 1 amide bonds. The third-order valence-corrected chi connectivity index (χ3v) is 6.19. The van der Waals surface area contributed by atoms with Crippen LogP contribution in [0.2, 0.25) is 0 Å². The summed E-state index contributed by atoms with van der Waals surface area (Å²) < 4.78 is 11.6. The highest BCUT2D eigenvalue weighted by Crippen LogP contribution is 2.30. The van der Waals surface area contributed by atoms with Crippen LogP contribution in [0.25, 0.3) is 6.08 Å². The molecule has 7 nitrogen and oxygen atoms in total. The average Bonchev–Trinajstić information content (AvgIpc) is 3.21. The summed E-state index contributed by atoms with van der Waals surface area (Å²) in [4.78, 5) is 16.8. The van der Waals surface area contributed by atoms with Crippen molar-refractivity contribution in [1.29, 1.82) is 5.41 Å². The minimum absolute atomic E-state index is 0.0437. The summed E-state index contributed by atoms with van der Waals surface area (Å²) in [6.07, 6.45) is 4.56. The maximum absolute atomic E-state index is 12.6. The van der Waals surface area contributed by atoms with Gasteiger partial charge < -0.3 is 9.47 Å². The minimum Gasteiger partial charge on any atom is -0.490 e. The molecule has 0 fully saturated rings. The zero-order valence-corrected chi connectivity index (χ0v) is 20.4. The van der Waals surface area contributed by atoms with Crippen LogP contribution in [0.3, 0.4) is 0 Å². The van der Waals surface area contributed by atoms with E-state index in [9.17, 15) is 4.79 Å². The number of carbonyl (C=O) groups is 1. The Morgan fingerprint density at radius 3 is 2.53 bits per heavy atom. The van der Waals surface area contributed by atoms with Crippen LogP contribution in [-0.2, 0) is 4.79 Å². The molecule has 2 heterocycles. The molecule has 4 rings (SSSR count). The van der Waals surface area contributed by atoms with Crippen LogP contribution in [0, 0.1) is 19.3 Å². The van der Waals surface area contributed by atoms with Crippen molar-refractivity contribution in [3.63, 3.8) is 0 Å². The highest BCUT2D eigenvalue weighted by atomic mass is 32.2. The highest BCUT2D eigenvalue weighted by molar-refractivity contribution is 8.26. The average molecular weight is 477 g/mol. The summed E-state index contributed by atoms with van der Waals surface area (Å²) in [6, 6.07) is 13.5. The topological polar surface area (TPSA) is 87.3 Å². The van der Waals surface area contributed by atoms with Crippen molar-refractivity contribution in [2.75, 3.05) is 13.2 Å². The number of thioether (sulfide) groups is 1. The molecule has 2 aliphatic heterocycles. The Kier molecular flexibility index (Phi) is 7.47. The fraction of sp³-hybridized carbons (Fsp3) is 0.308. The molecule has 8 heteroatoms. The van der Waals surface area contributed by atoms with E-state index in [1.165, 1.54) is 16.8 Å². The quantitative estimate of drug-likeness (QED) is 0.378. The molecule has 1 N–H and O–H groups in total. The van der Waals surface area contributed by atoms with Gasteiger partial charge in [0.15, 0.2) is 5.84 Å². The number of aliphatic imine (C=N–C) groups is 1. The predicted molar refractivity (Wildman–Crippen MR) is 138 cm³/mol. The summed E-state index contributed by atoms with van der Waals surface area (Å²) in [5.41, 5.74) is 3.28. The second-order valence-electron chi connectivity index (χ2n) is 8.21. The first-order valence-electron chi connectivity index (χ1n) is 11.4. The van der Waals surface area contributed by atoms with Gasteiger partial charge in [-0.25, -0.2) is 0 Å². The van der Waals surface area contributed by atoms with Gasteiger partial charge in [0.2, 0.25) is 5.17 Å². The lowest BCUT2D eigenvalue weighted by atomic mass is 10.1. The summed E-state index contributed by atoms with van der Waals surface area (Å²) in [7, 11) is 0. The van der Waals surface area contributed by atoms with Gasteiger partial charge in [-0.05, 0) is 85.5 Å². The summed E-state index contributed by atoms with van der Waals surface area (Å²) >= 11 is 1.37. The van der Waals surface area contributed by atoms with Crippen molar-refractivity contribution in [1.82, 2.24) is 5.01 Å². The number of amides is 1. The van der Waals surface area contributed by atoms with Gasteiger partial charge in [0.05, 0.1) is 5.57 Å². The Hall–Kier alpha value is -3.39. The molecule has 0 unspecified atom stereocenters. The van der Waals surface area contributed by atoms with Gasteiger partial charge >= 0.3 is 0 Å². The van der Waals surface area contributed by atoms with E-state index in [1.54, 1.807) is 6.08 Å². The standard InChI is InChI=1S/C26H28N4O3S/c1-4-5-9-23-29-30-24(27)22(25(31)28-26(30)34-23)16-19-7-6-8-20(15-19)32-10-11-33-21-13-17(2)12-18(3)14-21/h6-8,12-16,27H,4-5,9-11H2,1-3H3/b22-16+,27-24?. The van der Waals surface area contributed by atoms with E-state index in [4.69, 9.17) is 14.9 Å². The number of hydrogen-bond acceptors (Lipinski definition) is 6. The SMILES string of the molecule is CCCCC1=NN2C(=N)/C(=C\c3cccc(OCCOc4cc(C)cc(C)c4)c3)C(=O)N=C2S1. The molecule has 0 aromatic heterocycles. The molecule has 0 bridgehead atoms. The molecule has 2 aliphatic rings. The fourth-order valence-corrected chi connectivity index (χ4v) is 4.58. The number of hydrogen-bond donors (Lipinski definition) is 1. The zero-order valence-electron chi connectivity index (χ0n) is 19.6. The predicted octanol–water partition coefficient (Wildman–Crippen LogP) is 5.57. The Morgan fingerprint density at radius 1 is 1.06 bits per heavy atom. The molecule has 0 radical (unpaired) electrons. The number of nitrogens with one attached hydrogen (secondary N) is 1. The number of benzene rings is 2. The van der Waals surface area contributed by atoms with Gasteiger partial charge in [0.25, 0.3) is 5.91 Å². The lowest BCUT2D eigenvalue weighted by Gasteiger charge is -2.20. The second-order valence-corrected chi connectivity index (χ2v) is 9.25. The van der Waals surface area contributed by atoms with Gasteiger partial charge in [-0.2, -0.15) is 15.1 Å². The van der Waals surface area contributed by atoms with Crippen molar-refractivity contribution >= 4 is 39.8 Å². The van der Waals surface area contributed by atoms with Crippen LogP contribution in [-0.4, -0.2) is 40.2 Å². The van der Waals surface area contributed by atoms with Crippen LogP contribution >= 0.6 is 11.8 Å². The fourth-order valence-electron chi connectivity index (χ4n) is 3.66. The first-order chi connectivity index (χ1) is 16.4. The summed E-state index contributed by atoms with van der Waals surface area (Å²) in [5.74, 6) is 1.11. The number of hydrazone groups is 1. The first-order valence-corrected chi connectivity index (χ1v) is 12.2. The molecule has 34 heavy (non-hydrogen) atoms. The number of fused-ring (bicyclic) bond motifs is 1. The number of aryl methyl sites for hydroxylation is 2. The van der Waals surface area contributed by atoms with Crippen LogP contribution in [0.15, 0.2) is 58.1 Å². The van der Waals surface area contributed by atoms with Crippen molar-refractivity contribution < 1.29 is 14.3 Å². The zero-order chi connectivity index (χ0) is 24.1. The molecule has 2 aromatic rings. The lowest BCUT2D eigenvalue weighted by Crippen LogP contribution is -2.35. The van der Waals surface area contributed by atoms with Gasteiger partial charge in [0, 0.05) is 0 Å². The van der Waals surface area contributed by atoms with E-state index in [-0.39, 0.29) is 11.4 Å². The maximum atomic E-state index is 12.6. The number of nitrogens with zero attached hydrogens (tertiary/aromatic N) is 3. The Balaban J connectivity index is 1.39. The van der Waals surface area contributed by atoms with E-state index in [0.717, 1.165) is 46.7 Å². The van der Waals surface area contributed by atoms with Gasteiger partial charge in [-0.3, -0.25) is 10.2 Å². The van der Waals surface area contributed by atoms with Crippen molar-refractivity contribution in [2.45, 2.75) is 40.0 Å². The summed E-state index contributed by atoms with van der Waals surface area (Å²) in [5, 5.41) is 15.8. The monoisotopic (exact) mass is 476 g/mol. The highest BCUT2D eigenvalue weighted by Gasteiger charge is 2.35. The molecule has 0 spiro atoms. The molecule has 0 atom stereocenters. The third-order valence-electron chi connectivity index (χ3n) is 5.23. The number of carbonyl (C=O) groups excluding carboxylic acids is 1. The number of unbranched alkanes of at least 4 members (excludes halogenated alkanes) is 1. The Bertz CT molecular complexity index is 1180. The molecular formula is C26H28N4O3S. The van der Waals surface area contributed by atoms with Crippen molar-refractivity contribution in [3.05, 3.63) is 64.7 Å². The van der Waals surface area contributed by atoms with Gasteiger partial charge in [0.1, 0.15) is 29.8 Å². The van der Waals surface area contributed by atoms with E-state index in [2.05, 4.69) is 23.1 Å². The van der Waals surface area contributed by atoms with Crippen LogP contribution in [0.5, 0.6) is 11.5 Å². The number of rotatable bonds is 9. The van der Waals surface area contributed by atoms with E-state index in [0.29, 0.717) is 24.1 Å². The normalized spacial score (nSPS) is 16.4.